The quantitative estimate of drug-likeness (QED) is 0.636. The van der Waals surface area contributed by atoms with Gasteiger partial charge in [0.2, 0.25) is 5.91 Å². The molecule has 0 aromatic carbocycles. The first-order valence-corrected chi connectivity index (χ1v) is 4.94. The van der Waals surface area contributed by atoms with Gasteiger partial charge in [-0.05, 0) is 30.7 Å². The molecule has 1 amide bonds. The predicted molar refractivity (Wildman–Crippen MR) is 53.2 cm³/mol. The number of primary amides is 1. The largest absolute Gasteiger partial charge is 0.368 e. The molecular formula is C10H20N2O. The van der Waals surface area contributed by atoms with Gasteiger partial charge in [0.1, 0.15) is 0 Å². The third-order valence-corrected chi connectivity index (χ3v) is 2.97. The number of amides is 1. The molecule has 1 rings (SSSR count). The number of nitrogens with one attached hydrogen (secondary N) is 1. The molecule has 76 valence electrons. The molecule has 0 radical (unpaired) electrons. The van der Waals surface area contributed by atoms with Crippen molar-refractivity contribution in [2.45, 2.75) is 39.7 Å². The summed E-state index contributed by atoms with van der Waals surface area (Å²) in [5.74, 6) is 0.389. The molecule has 13 heavy (non-hydrogen) atoms. The Labute approximate surface area is 80.1 Å². The van der Waals surface area contributed by atoms with Gasteiger partial charge in [-0.1, -0.05) is 20.8 Å². The number of carbonyl (C=O) groups excluding carboxylic acids is 1. The second-order valence-corrected chi connectivity index (χ2v) is 5.00. The lowest BCUT2D eigenvalue weighted by molar-refractivity contribution is -0.121. The van der Waals surface area contributed by atoms with Crippen molar-refractivity contribution in [1.82, 2.24) is 5.32 Å². The van der Waals surface area contributed by atoms with Gasteiger partial charge in [-0.15, -0.1) is 0 Å². The maximum atomic E-state index is 11.0. The molecule has 1 fully saturated rings. The topological polar surface area (TPSA) is 55.1 Å². The van der Waals surface area contributed by atoms with Crippen LogP contribution in [0.3, 0.4) is 0 Å². The van der Waals surface area contributed by atoms with Gasteiger partial charge in [-0.3, -0.25) is 4.79 Å². The summed E-state index contributed by atoms with van der Waals surface area (Å²) in [5.41, 5.74) is 5.56. The molecule has 0 aromatic rings. The SMILES string of the molecule is CC(C)(C)[C@@H]1CCN[C@H](C(N)=O)C1. The zero-order valence-corrected chi connectivity index (χ0v) is 8.76. The Morgan fingerprint density at radius 1 is 1.46 bits per heavy atom. The summed E-state index contributed by atoms with van der Waals surface area (Å²) in [6.07, 6.45) is 2.03. The van der Waals surface area contributed by atoms with Crippen molar-refractivity contribution < 1.29 is 4.79 Å². The van der Waals surface area contributed by atoms with E-state index >= 15 is 0 Å². The third-order valence-electron chi connectivity index (χ3n) is 2.97. The molecule has 1 saturated heterocycles. The number of piperidine rings is 1. The zero-order valence-electron chi connectivity index (χ0n) is 8.76. The van der Waals surface area contributed by atoms with Crippen molar-refractivity contribution >= 4 is 5.91 Å². The van der Waals surface area contributed by atoms with Crippen LogP contribution in [0.4, 0.5) is 0 Å². The van der Waals surface area contributed by atoms with Crippen molar-refractivity contribution in [3.8, 4) is 0 Å². The molecule has 0 aliphatic carbocycles. The highest BCUT2D eigenvalue weighted by Gasteiger charge is 2.32. The Hall–Kier alpha value is -0.570. The molecule has 3 heteroatoms. The molecule has 0 saturated carbocycles. The van der Waals surface area contributed by atoms with Crippen LogP contribution in [-0.2, 0) is 4.79 Å². The van der Waals surface area contributed by atoms with Gasteiger partial charge in [-0.2, -0.15) is 0 Å². The highest BCUT2D eigenvalue weighted by molar-refractivity contribution is 5.79. The predicted octanol–water partition coefficient (Wildman–Crippen LogP) is 0.886. The summed E-state index contributed by atoms with van der Waals surface area (Å²) in [7, 11) is 0. The summed E-state index contributed by atoms with van der Waals surface area (Å²) in [5, 5.41) is 3.15. The fourth-order valence-corrected chi connectivity index (χ4v) is 1.92. The van der Waals surface area contributed by atoms with Crippen LogP contribution in [0, 0.1) is 11.3 Å². The molecule has 3 nitrogen and oxygen atoms in total. The van der Waals surface area contributed by atoms with E-state index in [1.54, 1.807) is 0 Å². The van der Waals surface area contributed by atoms with Crippen molar-refractivity contribution in [2.24, 2.45) is 17.1 Å². The van der Waals surface area contributed by atoms with Gasteiger partial charge in [0.15, 0.2) is 0 Å². The molecule has 1 aliphatic rings. The van der Waals surface area contributed by atoms with Crippen LogP contribution in [0.2, 0.25) is 0 Å². The van der Waals surface area contributed by atoms with E-state index in [0.29, 0.717) is 5.92 Å². The van der Waals surface area contributed by atoms with E-state index in [2.05, 4.69) is 26.1 Å². The van der Waals surface area contributed by atoms with E-state index < -0.39 is 0 Å². The van der Waals surface area contributed by atoms with Gasteiger partial charge in [0.05, 0.1) is 6.04 Å². The van der Waals surface area contributed by atoms with E-state index in [4.69, 9.17) is 5.73 Å². The van der Waals surface area contributed by atoms with Gasteiger partial charge in [-0.25, -0.2) is 0 Å². The summed E-state index contributed by atoms with van der Waals surface area (Å²) in [6.45, 7) is 7.58. The lowest BCUT2D eigenvalue weighted by Crippen LogP contribution is -2.48. The summed E-state index contributed by atoms with van der Waals surface area (Å²) < 4.78 is 0. The van der Waals surface area contributed by atoms with Gasteiger partial charge >= 0.3 is 0 Å². The Kier molecular flexibility index (Phi) is 2.96. The average Bonchev–Trinajstić information content (AvgIpc) is 2.03. The smallest absolute Gasteiger partial charge is 0.234 e. The van der Waals surface area contributed by atoms with Crippen molar-refractivity contribution in [2.75, 3.05) is 6.54 Å². The fraction of sp³-hybridized carbons (Fsp3) is 0.900. The van der Waals surface area contributed by atoms with Crippen LogP contribution in [0.5, 0.6) is 0 Å². The molecule has 2 atom stereocenters. The van der Waals surface area contributed by atoms with E-state index in [9.17, 15) is 4.79 Å². The average molecular weight is 184 g/mol. The minimum Gasteiger partial charge on any atom is -0.368 e. The third kappa shape index (κ3) is 2.69. The number of carbonyl (C=O) groups is 1. The second kappa shape index (κ2) is 3.66. The highest BCUT2D eigenvalue weighted by atomic mass is 16.1. The molecule has 1 aliphatic heterocycles. The normalized spacial score (nSPS) is 30.1. The Bertz CT molecular complexity index is 196. The molecule has 0 spiro atoms. The highest BCUT2D eigenvalue weighted by Crippen LogP contribution is 2.33. The zero-order chi connectivity index (χ0) is 10.1. The molecule has 0 unspecified atom stereocenters. The van der Waals surface area contributed by atoms with Crippen molar-refractivity contribution in [3.05, 3.63) is 0 Å². The molecule has 1 heterocycles. The van der Waals surface area contributed by atoms with E-state index in [1.807, 2.05) is 0 Å². The first-order chi connectivity index (χ1) is 5.91. The number of hydrogen-bond acceptors (Lipinski definition) is 2. The minimum atomic E-state index is -0.214. The van der Waals surface area contributed by atoms with Crippen LogP contribution >= 0.6 is 0 Å². The van der Waals surface area contributed by atoms with Crippen LogP contribution in [0.25, 0.3) is 0 Å². The number of hydrogen-bond donors (Lipinski definition) is 2. The van der Waals surface area contributed by atoms with Crippen molar-refractivity contribution in [1.29, 1.82) is 0 Å². The Morgan fingerprint density at radius 3 is 2.54 bits per heavy atom. The van der Waals surface area contributed by atoms with E-state index in [0.717, 1.165) is 19.4 Å². The van der Waals surface area contributed by atoms with Crippen molar-refractivity contribution in [3.63, 3.8) is 0 Å². The fourth-order valence-electron chi connectivity index (χ4n) is 1.92. The maximum absolute atomic E-state index is 11.0. The lowest BCUT2D eigenvalue weighted by atomic mass is 9.73. The van der Waals surface area contributed by atoms with Gasteiger partial charge < -0.3 is 11.1 Å². The second-order valence-electron chi connectivity index (χ2n) is 5.00. The number of rotatable bonds is 1. The van der Waals surface area contributed by atoms with Gasteiger partial charge in [0.25, 0.3) is 0 Å². The lowest BCUT2D eigenvalue weighted by Gasteiger charge is -2.37. The van der Waals surface area contributed by atoms with E-state index in [-0.39, 0.29) is 17.4 Å². The van der Waals surface area contributed by atoms with E-state index in [1.165, 1.54) is 0 Å². The first kappa shape index (κ1) is 10.5. The summed E-state index contributed by atoms with van der Waals surface area (Å²) >= 11 is 0. The molecule has 0 bridgehead atoms. The van der Waals surface area contributed by atoms with Crippen LogP contribution in [0.1, 0.15) is 33.6 Å². The molecular weight excluding hydrogens is 164 g/mol. The maximum Gasteiger partial charge on any atom is 0.234 e. The monoisotopic (exact) mass is 184 g/mol. The molecule has 3 N–H and O–H groups in total. The van der Waals surface area contributed by atoms with Gasteiger partial charge in [0, 0.05) is 0 Å². The Balaban J connectivity index is 2.57. The standard InChI is InChI=1S/C10H20N2O/c1-10(2,3)7-4-5-12-8(6-7)9(11)13/h7-8,12H,4-6H2,1-3H3,(H2,11,13)/t7-,8+/m1/s1. The van der Waals surface area contributed by atoms with Crippen LogP contribution < -0.4 is 11.1 Å². The van der Waals surface area contributed by atoms with Crippen LogP contribution in [0.15, 0.2) is 0 Å². The minimum absolute atomic E-state index is 0.113. The first-order valence-electron chi connectivity index (χ1n) is 4.94. The molecule has 0 aromatic heterocycles. The number of nitrogens with two attached hydrogens (primary N) is 1. The summed E-state index contributed by atoms with van der Waals surface area (Å²) in [6, 6.07) is -0.113. The Morgan fingerprint density at radius 2 is 2.08 bits per heavy atom. The summed E-state index contributed by atoms with van der Waals surface area (Å²) in [4.78, 5) is 11.0. The van der Waals surface area contributed by atoms with Crippen LogP contribution in [-0.4, -0.2) is 18.5 Å².